The second-order valence-corrected chi connectivity index (χ2v) is 4.93. The number of hydrogen-bond acceptors (Lipinski definition) is 6. The predicted molar refractivity (Wildman–Crippen MR) is 79.7 cm³/mol. The lowest BCUT2D eigenvalue weighted by atomic mass is 10.2. The molecule has 0 atom stereocenters. The van der Waals surface area contributed by atoms with Crippen molar-refractivity contribution in [2.75, 3.05) is 36.9 Å². The standard InChI is InChI=1S/C13H21N5O2/c14-16-12-6-3-5-11(13(12)18(19)20)15-7-4-10-17-8-1-2-9-17/h3,5-6,15-16H,1-2,4,7-10,14H2. The van der Waals surface area contributed by atoms with Crippen LogP contribution in [0.2, 0.25) is 0 Å². The summed E-state index contributed by atoms with van der Waals surface area (Å²) in [7, 11) is 0. The normalized spacial score (nSPS) is 15.2. The van der Waals surface area contributed by atoms with E-state index in [1.165, 1.54) is 25.9 Å². The van der Waals surface area contributed by atoms with Crippen molar-refractivity contribution in [2.45, 2.75) is 19.3 Å². The Labute approximate surface area is 118 Å². The number of nitrogens with zero attached hydrogens (tertiary/aromatic N) is 2. The molecule has 7 heteroatoms. The second kappa shape index (κ2) is 7.06. The number of nitro benzene ring substituents is 1. The SMILES string of the molecule is NNc1cccc(NCCCN2CCCC2)c1[N+](=O)[O-]. The number of nitro groups is 1. The maximum Gasteiger partial charge on any atom is 0.316 e. The van der Waals surface area contributed by atoms with Crippen LogP contribution in [0.3, 0.4) is 0 Å². The number of likely N-dealkylation sites (tertiary alicyclic amines) is 1. The molecule has 1 aliphatic heterocycles. The highest BCUT2D eigenvalue weighted by Crippen LogP contribution is 2.31. The van der Waals surface area contributed by atoms with E-state index in [4.69, 9.17) is 5.84 Å². The molecule has 0 amide bonds. The first-order valence-electron chi connectivity index (χ1n) is 6.92. The third kappa shape index (κ3) is 3.58. The van der Waals surface area contributed by atoms with Gasteiger partial charge in [0.2, 0.25) is 0 Å². The first-order valence-corrected chi connectivity index (χ1v) is 6.92. The van der Waals surface area contributed by atoms with E-state index in [1.54, 1.807) is 18.2 Å². The maximum atomic E-state index is 11.1. The summed E-state index contributed by atoms with van der Waals surface area (Å²) in [5, 5.41) is 14.2. The largest absolute Gasteiger partial charge is 0.379 e. The van der Waals surface area contributed by atoms with Gasteiger partial charge in [0, 0.05) is 6.54 Å². The van der Waals surface area contributed by atoms with Crippen molar-refractivity contribution >= 4 is 17.1 Å². The summed E-state index contributed by atoms with van der Waals surface area (Å²) >= 11 is 0. The Morgan fingerprint density at radius 3 is 2.65 bits per heavy atom. The minimum Gasteiger partial charge on any atom is -0.379 e. The number of hydrogen-bond donors (Lipinski definition) is 3. The molecular formula is C13H21N5O2. The number of rotatable bonds is 7. The number of nitrogens with one attached hydrogen (secondary N) is 2. The number of nitrogen functional groups attached to an aromatic ring is 1. The van der Waals surface area contributed by atoms with Gasteiger partial charge in [0.1, 0.15) is 11.4 Å². The van der Waals surface area contributed by atoms with E-state index in [0.29, 0.717) is 17.9 Å². The molecule has 0 bridgehead atoms. The number of benzene rings is 1. The number of anilines is 2. The van der Waals surface area contributed by atoms with Crippen molar-refractivity contribution in [1.29, 1.82) is 0 Å². The lowest BCUT2D eigenvalue weighted by molar-refractivity contribution is -0.383. The average Bonchev–Trinajstić information content (AvgIpc) is 2.96. The molecule has 1 aromatic rings. The minimum atomic E-state index is -0.419. The zero-order valence-corrected chi connectivity index (χ0v) is 11.5. The van der Waals surface area contributed by atoms with Crippen molar-refractivity contribution < 1.29 is 4.92 Å². The fourth-order valence-corrected chi connectivity index (χ4v) is 2.53. The van der Waals surface area contributed by atoms with Gasteiger partial charge in [0.25, 0.3) is 0 Å². The van der Waals surface area contributed by atoms with Crippen LogP contribution < -0.4 is 16.6 Å². The van der Waals surface area contributed by atoms with Crippen LogP contribution in [-0.4, -0.2) is 36.0 Å². The summed E-state index contributed by atoms with van der Waals surface area (Å²) in [6, 6.07) is 5.04. The molecule has 0 radical (unpaired) electrons. The van der Waals surface area contributed by atoms with E-state index in [-0.39, 0.29) is 5.69 Å². The molecule has 110 valence electrons. The summed E-state index contributed by atoms with van der Waals surface area (Å²) in [6.45, 7) is 4.10. The van der Waals surface area contributed by atoms with Gasteiger partial charge in [0.05, 0.1) is 4.92 Å². The molecule has 0 spiro atoms. The summed E-state index contributed by atoms with van der Waals surface area (Å²) < 4.78 is 0. The summed E-state index contributed by atoms with van der Waals surface area (Å²) in [6.07, 6.45) is 3.53. The van der Waals surface area contributed by atoms with E-state index in [1.807, 2.05) is 0 Å². The molecule has 2 rings (SSSR count). The van der Waals surface area contributed by atoms with E-state index in [0.717, 1.165) is 13.0 Å². The Bertz CT molecular complexity index is 460. The lowest BCUT2D eigenvalue weighted by Crippen LogP contribution is -2.22. The van der Waals surface area contributed by atoms with Crippen LogP contribution in [0.25, 0.3) is 0 Å². The number of para-hydroxylation sites is 1. The Morgan fingerprint density at radius 2 is 2.00 bits per heavy atom. The van der Waals surface area contributed by atoms with Gasteiger partial charge < -0.3 is 15.6 Å². The first kappa shape index (κ1) is 14.5. The third-order valence-corrected chi connectivity index (χ3v) is 3.54. The average molecular weight is 279 g/mol. The molecule has 1 saturated heterocycles. The highest BCUT2D eigenvalue weighted by Gasteiger charge is 2.18. The van der Waals surface area contributed by atoms with E-state index in [9.17, 15) is 10.1 Å². The van der Waals surface area contributed by atoms with Crippen LogP contribution in [0.1, 0.15) is 19.3 Å². The van der Waals surface area contributed by atoms with Gasteiger partial charge in [-0.25, -0.2) is 0 Å². The number of hydrazine groups is 1. The van der Waals surface area contributed by atoms with Crippen LogP contribution in [-0.2, 0) is 0 Å². The van der Waals surface area contributed by atoms with Crippen LogP contribution in [0, 0.1) is 10.1 Å². The van der Waals surface area contributed by atoms with Crippen LogP contribution >= 0.6 is 0 Å². The molecule has 1 fully saturated rings. The molecule has 0 aliphatic carbocycles. The highest BCUT2D eigenvalue weighted by molar-refractivity contribution is 5.75. The minimum absolute atomic E-state index is 0.00354. The molecule has 4 N–H and O–H groups in total. The second-order valence-electron chi connectivity index (χ2n) is 4.93. The molecule has 1 aromatic carbocycles. The zero-order valence-electron chi connectivity index (χ0n) is 11.5. The molecule has 0 unspecified atom stereocenters. The maximum absolute atomic E-state index is 11.1. The smallest absolute Gasteiger partial charge is 0.316 e. The predicted octanol–water partition coefficient (Wildman–Crippen LogP) is 1.78. The lowest BCUT2D eigenvalue weighted by Gasteiger charge is -2.15. The Hall–Kier alpha value is -1.86. The van der Waals surface area contributed by atoms with E-state index in [2.05, 4.69) is 15.6 Å². The van der Waals surface area contributed by atoms with Crippen molar-refractivity contribution in [3.05, 3.63) is 28.3 Å². The molecule has 7 nitrogen and oxygen atoms in total. The summed E-state index contributed by atoms with van der Waals surface area (Å²) in [5.74, 6) is 5.31. The molecular weight excluding hydrogens is 258 g/mol. The molecule has 1 aliphatic rings. The van der Waals surface area contributed by atoms with Gasteiger partial charge in [-0.05, 0) is 51.0 Å². The topological polar surface area (TPSA) is 96.5 Å². The Kier molecular flexibility index (Phi) is 5.14. The zero-order chi connectivity index (χ0) is 14.4. The summed E-state index contributed by atoms with van der Waals surface area (Å²) in [5.41, 5.74) is 3.18. The van der Waals surface area contributed by atoms with Gasteiger partial charge in [0.15, 0.2) is 0 Å². The fraction of sp³-hybridized carbons (Fsp3) is 0.538. The van der Waals surface area contributed by atoms with Gasteiger partial charge >= 0.3 is 5.69 Å². The molecule has 1 heterocycles. The van der Waals surface area contributed by atoms with Crippen LogP contribution in [0.5, 0.6) is 0 Å². The van der Waals surface area contributed by atoms with Gasteiger partial charge in [-0.1, -0.05) is 6.07 Å². The third-order valence-electron chi connectivity index (χ3n) is 3.54. The van der Waals surface area contributed by atoms with Crippen molar-refractivity contribution in [2.24, 2.45) is 5.84 Å². The number of nitrogens with two attached hydrogens (primary N) is 1. The van der Waals surface area contributed by atoms with Crippen molar-refractivity contribution in [1.82, 2.24) is 4.90 Å². The van der Waals surface area contributed by atoms with Gasteiger partial charge in [-0.15, -0.1) is 0 Å². The van der Waals surface area contributed by atoms with Gasteiger partial charge in [-0.3, -0.25) is 16.0 Å². The first-order chi connectivity index (χ1) is 9.72. The molecule has 0 saturated carbocycles. The van der Waals surface area contributed by atoms with Crippen LogP contribution in [0.4, 0.5) is 17.1 Å². The monoisotopic (exact) mass is 279 g/mol. The fourth-order valence-electron chi connectivity index (χ4n) is 2.53. The molecule has 0 aromatic heterocycles. The Morgan fingerprint density at radius 1 is 1.30 bits per heavy atom. The molecule has 20 heavy (non-hydrogen) atoms. The van der Waals surface area contributed by atoms with E-state index < -0.39 is 4.92 Å². The Balaban J connectivity index is 1.89. The highest BCUT2D eigenvalue weighted by atomic mass is 16.6. The van der Waals surface area contributed by atoms with E-state index >= 15 is 0 Å². The van der Waals surface area contributed by atoms with Gasteiger partial charge in [-0.2, -0.15) is 0 Å². The van der Waals surface area contributed by atoms with Crippen LogP contribution in [0.15, 0.2) is 18.2 Å². The summed E-state index contributed by atoms with van der Waals surface area (Å²) in [4.78, 5) is 13.1. The quantitative estimate of drug-likeness (QED) is 0.305. The van der Waals surface area contributed by atoms with Crippen molar-refractivity contribution in [3.63, 3.8) is 0 Å². The van der Waals surface area contributed by atoms with Crippen molar-refractivity contribution in [3.8, 4) is 0 Å².